The summed E-state index contributed by atoms with van der Waals surface area (Å²) in [6.45, 7) is 6.14. The second kappa shape index (κ2) is 8.94. The summed E-state index contributed by atoms with van der Waals surface area (Å²) in [5, 5.41) is 10.2. The minimum atomic E-state index is -1.32. The van der Waals surface area contributed by atoms with Gasteiger partial charge in [-0.05, 0) is 42.5 Å². The fraction of sp³-hybridized carbons (Fsp3) is 0.462. The Kier molecular flexibility index (Phi) is 6.24. The predicted molar refractivity (Wildman–Crippen MR) is 122 cm³/mol. The van der Waals surface area contributed by atoms with Gasteiger partial charge in [-0.3, -0.25) is 4.90 Å². The van der Waals surface area contributed by atoms with Crippen molar-refractivity contribution in [3.63, 3.8) is 0 Å². The molecule has 1 N–H and O–H groups in total. The zero-order valence-corrected chi connectivity index (χ0v) is 18.9. The van der Waals surface area contributed by atoms with E-state index in [9.17, 15) is 14.7 Å². The van der Waals surface area contributed by atoms with Crippen LogP contribution < -0.4 is 0 Å². The largest absolute Gasteiger partial charge is 0.479 e. The van der Waals surface area contributed by atoms with Gasteiger partial charge in [0.2, 0.25) is 0 Å². The summed E-state index contributed by atoms with van der Waals surface area (Å²) >= 11 is 0. The zero-order valence-electron chi connectivity index (χ0n) is 18.9. The Balaban J connectivity index is 1.59. The Labute approximate surface area is 189 Å². The summed E-state index contributed by atoms with van der Waals surface area (Å²) in [5.41, 5.74) is 3.25. The van der Waals surface area contributed by atoms with E-state index in [0.717, 1.165) is 22.3 Å². The van der Waals surface area contributed by atoms with Crippen LogP contribution in [-0.2, 0) is 14.3 Å². The molecule has 1 saturated heterocycles. The van der Waals surface area contributed by atoms with Gasteiger partial charge in [0.05, 0.1) is 12.2 Å². The summed E-state index contributed by atoms with van der Waals surface area (Å²) < 4.78 is 11.6. The van der Waals surface area contributed by atoms with Gasteiger partial charge >= 0.3 is 12.1 Å². The van der Waals surface area contributed by atoms with Crippen molar-refractivity contribution < 1.29 is 24.2 Å². The van der Waals surface area contributed by atoms with E-state index >= 15 is 0 Å². The van der Waals surface area contributed by atoms with Crippen molar-refractivity contribution in [3.8, 4) is 11.1 Å². The fourth-order valence-electron chi connectivity index (χ4n) is 5.41. The normalized spacial score (nSPS) is 24.5. The van der Waals surface area contributed by atoms with Gasteiger partial charge in [-0.25, -0.2) is 9.59 Å². The number of hydrogen-bond acceptors (Lipinski definition) is 4. The van der Waals surface area contributed by atoms with Gasteiger partial charge in [0.15, 0.2) is 0 Å². The smallest absolute Gasteiger partial charge is 0.410 e. The predicted octanol–water partition coefficient (Wildman–Crippen LogP) is 5.06. The quantitative estimate of drug-likeness (QED) is 0.684. The number of amides is 1. The van der Waals surface area contributed by atoms with Crippen molar-refractivity contribution in [2.45, 2.75) is 63.7 Å². The van der Waals surface area contributed by atoms with Crippen molar-refractivity contribution >= 4 is 12.1 Å². The molecular weight excluding hydrogens is 406 g/mol. The van der Waals surface area contributed by atoms with E-state index < -0.39 is 17.6 Å². The maximum Gasteiger partial charge on any atom is 0.410 e. The van der Waals surface area contributed by atoms with Crippen LogP contribution in [0.5, 0.6) is 0 Å². The number of carbonyl (C=O) groups excluding carboxylic acids is 1. The molecule has 0 spiro atoms. The third-order valence-electron chi connectivity index (χ3n) is 6.63. The first kappa shape index (κ1) is 22.3. The number of aliphatic carboxylic acids is 1. The zero-order chi connectivity index (χ0) is 22.9. The number of benzene rings is 2. The van der Waals surface area contributed by atoms with Crippen LogP contribution in [0.4, 0.5) is 4.79 Å². The highest BCUT2D eigenvalue weighted by Crippen LogP contribution is 2.44. The highest BCUT2D eigenvalue weighted by Gasteiger charge is 2.52. The van der Waals surface area contributed by atoms with Crippen molar-refractivity contribution in [3.05, 3.63) is 59.7 Å². The second-order valence-corrected chi connectivity index (χ2v) is 8.96. The van der Waals surface area contributed by atoms with Crippen LogP contribution in [0.1, 0.15) is 57.1 Å². The Morgan fingerprint density at radius 2 is 1.56 bits per heavy atom. The van der Waals surface area contributed by atoms with E-state index in [1.54, 1.807) is 0 Å². The van der Waals surface area contributed by atoms with Crippen LogP contribution in [-0.4, -0.2) is 53.0 Å². The Morgan fingerprint density at radius 1 is 1.03 bits per heavy atom. The molecule has 0 saturated carbocycles. The lowest BCUT2D eigenvalue weighted by Crippen LogP contribution is -2.62. The lowest BCUT2D eigenvalue weighted by Gasteiger charge is -2.46. The average molecular weight is 438 g/mol. The van der Waals surface area contributed by atoms with E-state index in [4.69, 9.17) is 9.47 Å². The summed E-state index contributed by atoms with van der Waals surface area (Å²) in [5.74, 6) is -1.07. The van der Waals surface area contributed by atoms with Crippen molar-refractivity contribution in [2.24, 2.45) is 0 Å². The number of rotatable bonds is 6. The molecule has 2 aromatic carbocycles. The Bertz CT molecular complexity index is 948. The summed E-state index contributed by atoms with van der Waals surface area (Å²) in [6, 6.07) is 16.3. The first-order chi connectivity index (χ1) is 15.4. The maximum absolute atomic E-state index is 13.3. The molecule has 1 amide bonds. The molecular formula is C26H31NO5. The van der Waals surface area contributed by atoms with Crippen LogP contribution in [0.15, 0.2) is 48.5 Å². The van der Waals surface area contributed by atoms with Crippen LogP contribution in [0.3, 0.4) is 0 Å². The Morgan fingerprint density at radius 3 is 2.06 bits per heavy atom. The third kappa shape index (κ3) is 3.88. The molecule has 170 valence electrons. The molecule has 1 heterocycles. The Hall–Kier alpha value is -2.86. The molecule has 0 aromatic heterocycles. The van der Waals surface area contributed by atoms with Gasteiger partial charge in [-0.15, -0.1) is 0 Å². The molecule has 2 unspecified atom stereocenters. The molecule has 1 aliphatic carbocycles. The van der Waals surface area contributed by atoms with E-state index in [1.807, 2.05) is 45.0 Å². The topological polar surface area (TPSA) is 76.1 Å². The SMILES string of the molecule is CCCN(C(=O)OCC1c2ccccc2-c2ccccc21)C1(C(=O)O)CC(C)OC(C)C1. The van der Waals surface area contributed by atoms with Gasteiger partial charge in [0.1, 0.15) is 12.1 Å². The van der Waals surface area contributed by atoms with Crippen LogP contribution in [0.2, 0.25) is 0 Å². The van der Waals surface area contributed by atoms with Crippen molar-refractivity contribution in [2.75, 3.05) is 13.2 Å². The van der Waals surface area contributed by atoms with Crippen LogP contribution in [0.25, 0.3) is 11.1 Å². The molecule has 2 atom stereocenters. The van der Waals surface area contributed by atoms with Crippen molar-refractivity contribution in [1.82, 2.24) is 4.90 Å². The fourth-order valence-corrected chi connectivity index (χ4v) is 5.41. The van der Waals surface area contributed by atoms with E-state index in [1.165, 1.54) is 4.90 Å². The molecule has 6 nitrogen and oxygen atoms in total. The molecule has 4 rings (SSSR count). The second-order valence-electron chi connectivity index (χ2n) is 8.96. The summed E-state index contributed by atoms with van der Waals surface area (Å²) in [4.78, 5) is 27.2. The number of hydrogen-bond donors (Lipinski definition) is 1. The van der Waals surface area contributed by atoms with Gasteiger partial charge in [-0.2, -0.15) is 0 Å². The lowest BCUT2D eigenvalue weighted by atomic mass is 9.82. The molecule has 2 aliphatic rings. The summed E-state index contributed by atoms with van der Waals surface area (Å²) in [7, 11) is 0. The molecule has 6 heteroatoms. The van der Waals surface area contributed by atoms with Crippen LogP contribution >= 0.6 is 0 Å². The van der Waals surface area contributed by atoms with Gasteiger partial charge in [0.25, 0.3) is 0 Å². The monoisotopic (exact) mass is 437 g/mol. The van der Waals surface area contributed by atoms with Gasteiger partial charge < -0.3 is 14.6 Å². The summed E-state index contributed by atoms with van der Waals surface area (Å²) in [6.07, 6.45) is 0.0555. The first-order valence-electron chi connectivity index (χ1n) is 11.4. The van der Waals surface area contributed by atoms with E-state index in [-0.39, 0.29) is 37.6 Å². The molecule has 1 fully saturated rings. The van der Waals surface area contributed by atoms with Crippen LogP contribution in [0, 0.1) is 0 Å². The highest BCUT2D eigenvalue weighted by molar-refractivity contribution is 5.85. The average Bonchev–Trinajstić information content (AvgIpc) is 3.08. The molecule has 1 aliphatic heterocycles. The minimum Gasteiger partial charge on any atom is -0.479 e. The standard InChI is InChI=1S/C26H31NO5/c1-4-13-27(26(24(28)29)14-17(2)32-18(3)15-26)25(30)31-16-23-21-11-7-5-9-19(21)20-10-6-8-12-22(20)23/h5-12,17-18,23H,4,13-16H2,1-3H3,(H,28,29). The number of carbonyl (C=O) groups is 2. The number of carboxylic acids is 1. The molecule has 0 bridgehead atoms. The number of ether oxygens (including phenoxy) is 2. The number of fused-ring (bicyclic) bond motifs is 3. The molecule has 0 radical (unpaired) electrons. The first-order valence-corrected chi connectivity index (χ1v) is 11.4. The number of nitrogens with zero attached hydrogens (tertiary/aromatic N) is 1. The highest BCUT2D eigenvalue weighted by atomic mass is 16.6. The molecule has 32 heavy (non-hydrogen) atoms. The minimum absolute atomic E-state index is 0.0665. The van der Waals surface area contributed by atoms with Crippen molar-refractivity contribution in [1.29, 1.82) is 0 Å². The van der Waals surface area contributed by atoms with E-state index in [0.29, 0.717) is 13.0 Å². The third-order valence-corrected chi connectivity index (χ3v) is 6.63. The lowest BCUT2D eigenvalue weighted by molar-refractivity contribution is -0.166. The van der Waals surface area contributed by atoms with Gasteiger partial charge in [-0.1, -0.05) is 55.5 Å². The van der Waals surface area contributed by atoms with E-state index in [2.05, 4.69) is 24.3 Å². The molecule has 2 aromatic rings. The van der Waals surface area contributed by atoms with Gasteiger partial charge in [0, 0.05) is 25.3 Å². The number of carboxylic acid groups (broad SMARTS) is 1. The maximum atomic E-state index is 13.3.